The van der Waals surface area contributed by atoms with Crippen molar-refractivity contribution in [3.63, 3.8) is 0 Å². The largest absolute Gasteiger partial charge is 0.460 e. The van der Waals surface area contributed by atoms with Gasteiger partial charge >= 0.3 is 5.97 Å². The van der Waals surface area contributed by atoms with Gasteiger partial charge in [0.05, 0.1) is 5.92 Å². The molecule has 2 fully saturated rings. The lowest BCUT2D eigenvalue weighted by atomic mass is 9.59. The predicted molar refractivity (Wildman–Crippen MR) is 67.4 cm³/mol. The van der Waals surface area contributed by atoms with E-state index in [0.29, 0.717) is 11.8 Å². The van der Waals surface area contributed by atoms with E-state index in [0.717, 1.165) is 6.42 Å². The normalized spacial score (nSPS) is 37.6. The van der Waals surface area contributed by atoms with Gasteiger partial charge in [0, 0.05) is 6.04 Å². The molecule has 2 N–H and O–H groups in total. The van der Waals surface area contributed by atoms with E-state index < -0.39 is 5.60 Å². The molecule has 0 aromatic carbocycles. The van der Waals surface area contributed by atoms with E-state index in [2.05, 4.69) is 0 Å². The van der Waals surface area contributed by atoms with Gasteiger partial charge < -0.3 is 10.5 Å². The SMILES string of the molecule is CC(C)(C)OC(=O)[C@@H]1[C@H](N)[C@@H]2CCCCC[C@@H]21. The molecule has 0 aliphatic heterocycles. The van der Waals surface area contributed by atoms with Gasteiger partial charge in [0.1, 0.15) is 5.60 Å². The molecule has 4 atom stereocenters. The lowest BCUT2D eigenvalue weighted by molar-refractivity contribution is -0.172. The molecule has 0 amide bonds. The van der Waals surface area contributed by atoms with Gasteiger partial charge in [-0.3, -0.25) is 4.79 Å². The predicted octanol–water partition coefficient (Wildman–Crippen LogP) is 2.48. The molecule has 0 heterocycles. The Hall–Kier alpha value is -0.570. The Kier molecular flexibility index (Phi) is 3.48. The molecule has 2 saturated carbocycles. The number of carbonyl (C=O) groups excluding carboxylic acids is 1. The number of hydrogen-bond acceptors (Lipinski definition) is 3. The highest BCUT2D eigenvalue weighted by Crippen LogP contribution is 2.48. The molecule has 98 valence electrons. The summed E-state index contributed by atoms with van der Waals surface area (Å²) in [6.07, 6.45) is 6.16. The van der Waals surface area contributed by atoms with Crippen LogP contribution in [0.2, 0.25) is 0 Å². The van der Waals surface area contributed by atoms with E-state index in [-0.39, 0.29) is 17.9 Å². The van der Waals surface area contributed by atoms with Crippen molar-refractivity contribution < 1.29 is 9.53 Å². The van der Waals surface area contributed by atoms with E-state index in [9.17, 15) is 4.79 Å². The van der Waals surface area contributed by atoms with Crippen LogP contribution >= 0.6 is 0 Å². The molecule has 0 aromatic rings. The van der Waals surface area contributed by atoms with E-state index in [4.69, 9.17) is 10.5 Å². The Morgan fingerprint density at radius 3 is 2.29 bits per heavy atom. The molecule has 0 bridgehead atoms. The Bertz CT molecular complexity index is 295. The number of nitrogens with two attached hydrogens (primary N) is 1. The van der Waals surface area contributed by atoms with Gasteiger partial charge in [-0.05, 0) is 45.4 Å². The lowest BCUT2D eigenvalue weighted by Crippen LogP contribution is -2.60. The van der Waals surface area contributed by atoms with Gasteiger partial charge in [0.15, 0.2) is 0 Å². The van der Waals surface area contributed by atoms with E-state index >= 15 is 0 Å². The molecular formula is C14H25NO2. The van der Waals surface area contributed by atoms with Gasteiger partial charge in [0.25, 0.3) is 0 Å². The van der Waals surface area contributed by atoms with Gasteiger partial charge in [-0.15, -0.1) is 0 Å². The second-order valence-electron chi connectivity index (χ2n) is 6.60. The molecule has 0 unspecified atom stereocenters. The summed E-state index contributed by atoms with van der Waals surface area (Å²) >= 11 is 0. The summed E-state index contributed by atoms with van der Waals surface area (Å²) in [4.78, 5) is 12.1. The molecule has 0 spiro atoms. The monoisotopic (exact) mass is 239 g/mol. The average Bonchev–Trinajstić information content (AvgIpc) is 2.37. The number of ether oxygens (including phenoxy) is 1. The Balaban J connectivity index is 1.99. The first-order chi connectivity index (χ1) is 7.90. The zero-order valence-electron chi connectivity index (χ0n) is 11.2. The molecule has 0 radical (unpaired) electrons. The summed E-state index contributed by atoms with van der Waals surface area (Å²) in [6.45, 7) is 5.75. The molecule has 17 heavy (non-hydrogen) atoms. The van der Waals surface area contributed by atoms with Crippen LogP contribution < -0.4 is 5.73 Å². The summed E-state index contributed by atoms with van der Waals surface area (Å²) in [5.41, 5.74) is 5.77. The third-order valence-electron chi connectivity index (χ3n) is 4.17. The van der Waals surface area contributed by atoms with Crippen molar-refractivity contribution in [2.45, 2.75) is 64.5 Å². The first-order valence-electron chi connectivity index (χ1n) is 6.88. The van der Waals surface area contributed by atoms with E-state index in [1.807, 2.05) is 20.8 Å². The van der Waals surface area contributed by atoms with Gasteiger partial charge in [0.2, 0.25) is 0 Å². The molecule has 2 rings (SSSR count). The molecule has 2 aliphatic carbocycles. The van der Waals surface area contributed by atoms with Crippen molar-refractivity contribution in [3.05, 3.63) is 0 Å². The Labute approximate surface area is 104 Å². The van der Waals surface area contributed by atoms with Gasteiger partial charge in [-0.25, -0.2) is 0 Å². The summed E-state index contributed by atoms with van der Waals surface area (Å²) in [5.74, 6) is 0.933. The second-order valence-corrected chi connectivity index (χ2v) is 6.60. The van der Waals surface area contributed by atoms with Crippen LogP contribution in [0.25, 0.3) is 0 Å². The van der Waals surface area contributed by atoms with Gasteiger partial charge in [-0.1, -0.05) is 19.3 Å². The Morgan fingerprint density at radius 2 is 1.71 bits per heavy atom. The van der Waals surface area contributed by atoms with Crippen molar-refractivity contribution in [2.75, 3.05) is 0 Å². The van der Waals surface area contributed by atoms with Crippen molar-refractivity contribution in [3.8, 4) is 0 Å². The molecule has 2 aliphatic rings. The van der Waals surface area contributed by atoms with Crippen molar-refractivity contribution >= 4 is 5.97 Å². The van der Waals surface area contributed by atoms with Crippen LogP contribution in [-0.2, 0) is 9.53 Å². The van der Waals surface area contributed by atoms with E-state index in [1.54, 1.807) is 0 Å². The maximum absolute atomic E-state index is 12.1. The molecular weight excluding hydrogens is 214 g/mol. The smallest absolute Gasteiger partial charge is 0.311 e. The molecule has 3 heteroatoms. The van der Waals surface area contributed by atoms with Crippen molar-refractivity contribution in [2.24, 2.45) is 23.5 Å². The van der Waals surface area contributed by atoms with Crippen molar-refractivity contribution in [1.29, 1.82) is 0 Å². The maximum atomic E-state index is 12.1. The summed E-state index contributed by atoms with van der Waals surface area (Å²) in [5, 5.41) is 0. The van der Waals surface area contributed by atoms with Crippen LogP contribution in [0.15, 0.2) is 0 Å². The lowest BCUT2D eigenvalue weighted by Gasteiger charge is -2.49. The number of esters is 1. The zero-order valence-corrected chi connectivity index (χ0v) is 11.2. The van der Waals surface area contributed by atoms with Crippen LogP contribution in [-0.4, -0.2) is 17.6 Å². The standard InChI is InChI=1S/C14H25NO2/c1-14(2,3)17-13(16)11-9-7-5-4-6-8-10(9)12(11)15/h9-12H,4-8,15H2,1-3H3/t9-,10+,11-,12+/m0/s1. The highest BCUT2D eigenvalue weighted by Gasteiger charge is 2.52. The minimum Gasteiger partial charge on any atom is -0.460 e. The number of hydrogen-bond donors (Lipinski definition) is 1. The summed E-state index contributed by atoms with van der Waals surface area (Å²) in [7, 11) is 0. The average molecular weight is 239 g/mol. The first-order valence-corrected chi connectivity index (χ1v) is 6.88. The molecule has 3 nitrogen and oxygen atoms in total. The number of rotatable bonds is 1. The minimum absolute atomic E-state index is 0.0351. The minimum atomic E-state index is -0.396. The molecule has 0 aromatic heterocycles. The van der Waals surface area contributed by atoms with Crippen LogP contribution in [0, 0.1) is 17.8 Å². The van der Waals surface area contributed by atoms with Crippen LogP contribution in [0.3, 0.4) is 0 Å². The highest BCUT2D eigenvalue weighted by molar-refractivity contribution is 5.75. The van der Waals surface area contributed by atoms with Crippen LogP contribution in [0.4, 0.5) is 0 Å². The van der Waals surface area contributed by atoms with E-state index in [1.165, 1.54) is 25.7 Å². The third kappa shape index (κ3) is 2.65. The zero-order chi connectivity index (χ0) is 12.6. The van der Waals surface area contributed by atoms with Crippen molar-refractivity contribution in [1.82, 2.24) is 0 Å². The summed E-state index contributed by atoms with van der Waals surface area (Å²) in [6, 6.07) is 0.0351. The Morgan fingerprint density at radius 1 is 1.12 bits per heavy atom. The first kappa shape index (κ1) is 12.9. The summed E-state index contributed by atoms with van der Waals surface area (Å²) < 4.78 is 5.48. The highest BCUT2D eigenvalue weighted by atomic mass is 16.6. The topological polar surface area (TPSA) is 52.3 Å². The van der Waals surface area contributed by atoms with Crippen LogP contribution in [0.5, 0.6) is 0 Å². The number of carbonyl (C=O) groups is 1. The fraction of sp³-hybridized carbons (Fsp3) is 0.929. The fourth-order valence-corrected chi connectivity index (χ4v) is 3.40. The quantitative estimate of drug-likeness (QED) is 0.715. The van der Waals surface area contributed by atoms with Gasteiger partial charge in [-0.2, -0.15) is 0 Å². The third-order valence-corrected chi connectivity index (χ3v) is 4.17. The van der Waals surface area contributed by atoms with Crippen LogP contribution in [0.1, 0.15) is 52.9 Å². The maximum Gasteiger partial charge on any atom is 0.311 e. The molecule has 0 saturated heterocycles. The number of fused-ring (bicyclic) bond motifs is 1. The fourth-order valence-electron chi connectivity index (χ4n) is 3.40. The second kappa shape index (κ2) is 4.60.